The minimum absolute atomic E-state index is 0.180. The van der Waals surface area contributed by atoms with Crippen molar-refractivity contribution >= 4 is 11.9 Å². The Hall–Kier alpha value is -1.14. The summed E-state index contributed by atoms with van der Waals surface area (Å²) < 4.78 is 4.92. The van der Waals surface area contributed by atoms with Crippen LogP contribution < -0.4 is 11.1 Å². The van der Waals surface area contributed by atoms with Gasteiger partial charge in [-0.05, 0) is 25.7 Å². The van der Waals surface area contributed by atoms with Crippen LogP contribution in [0.3, 0.4) is 0 Å². The van der Waals surface area contributed by atoms with Crippen LogP contribution in [0, 0.1) is 5.41 Å². The van der Waals surface area contributed by atoms with Gasteiger partial charge >= 0.3 is 5.97 Å². The highest BCUT2D eigenvalue weighted by molar-refractivity contribution is 5.82. The molecule has 6 nitrogen and oxygen atoms in total. The molecule has 1 atom stereocenters. The molecule has 0 radical (unpaired) electrons. The van der Waals surface area contributed by atoms with E-state index in [2.05, 4.69) is 5.32 Å². The molecular formula is C15H28N2O4. The topological polar surface area (TPSA) is 102 Å². The molecule has 0 aromatic heterocycles. The van der Waals surface area contributed by atoms with E-state index in [1.807, 2.05) is 0 Å². The van der Waals surface area contributed by atoms with Gasteiger partial charge in [-0.2, -0.15) is 0 Å². The van der Waals surface area contributed by atoms with Crippen LogP contribution in [-0.4, -0.2) is 43.3 Å². The van der Waals surface area contributed by atoms with E-state index in [1.54, 1.807) is 7.11 Å². The summed E-state index contributed by atoms with van der Waals surface area (Å²) >= 11 is 0. The molecule has 0 aliphatic heterocycles. The first-order valence-corrected chi connectivity index (χ1v) is 7.77. The Morgan fingerprint density at radius 3 is 2.43 bits per heavy atom. The van der Waals surface area contributed by atoms with E-state index in [0.29, 0.717) is 25.9 Å². The maximum Gasteiger partial charge on any atom is 0.311 e. The van der Waals surface area contributed by atoms with Gasteiger partial charge in [0, 0.05) is 20.3 Å². The van der Waals surface area contributed by atoms with Gasteiger partial charge in [0.15, 0.2) is 0 Å². The molecule has 1 unspecified atom stereocenters. The van der Waals surface area contributed by atoms with Gasteiger partial charge in [0.25, 0.3) is 0 Å². The molecule has 1 aliphatic rings. The molecule has 0 aromatic rings. The lowest BCUT2D eigenvalue weighted by Crippen LogP contribution is -2.48. The number of carboxylic acids is 1. The number of hydrogen-bond donors (Lipinski definition) is 3. The van der Waals surface area contributed by atoms with Crippen molar-refractivity contribution in [3.05, 3.63) is 0 Å². The molecule has 1 amide bonds. The van der Waals surface area contributed by atoms with Crippen molar-refractivity contribution in [2.75, 3.05) is 20.3 Å². The molecule has 1 rings (SSSR count). The zero-order valence-corrected chi connectivity index (χ0v) is 12.9. The average molecular weight is 300 g/mol. The van der Waals surface area contributed by atoms with Crippen LogP contribution in [0.25, 0.3) is 0 Å². The highest BCUT2D eigenvalue weighted by Gasteiger charge is 2.39. The highest BCUT2D eigenvalue weighted by atomic mass is 16.5. The Morgan fingerprint density at radius 1 is 1.29 bits per heavy atom. The second kappa shape index (κ2) is 9.00. The number of nitrogens with one attached hydrogen (secondary N) is 1. The third-order valence-corrected chi connectivity index (χ3v) is 4.32. The van der Waals surface area contributed by atoms with Crippen LogP contribution in [0.4, 0.5) is 0 Å². The number of carbonyl (C=O) groups excluding carboxylic acids is 1. The maximum absolute atomic E-state index is 12.0. The number of hydrogen-bond acceptors (Lipinski definition) is 4. The molecule has 0 spiro atoms. The number of ether oxygens (including phenoxy) is 1. The van der Waals surface area contributed by atoms with Gasteiger partial charge in [0.2, 0.25) is 5.91 Å². The van der Waals surface area contributed by atoms with Gasteiger partial charge in [-0.15, -0.1) is 0 Å². The fourth-order valence-corrected chi connectivity index (χ4v) is 2.84. The molecule has 0 aromatic carbocycles. The van der Waals surface area contributed by atoms with Crippen molar-refractivity contribution in [2.24, 2.45) is 11.1 Å². The lowest BCUT2D eigenvalue weighted by atomic mass is 9.80. The predicted molar refractivity (Wildman–Crippen MR) is 79.9 cm³/mol. The molecule has 1 aliphatic carbocycles. The molecule has 21 heavy (non-hydrogen) atoms. The summed E-state index contributed by atoms with van der Waals surface area (Å²) in [5.41, 5.74) is 4.99. The average Bonchev–Trinajstić information content (AvgIpc) is 2.71. The molecule has 6 heteroatoms. The summed E-state index contributed by atoms with van der Waals surface area (Å²) in [6, 6.07) is -0.600. The van der Waals surface area contributed by atoms with Crippen molar-refractivity contribution in [3.8, 4) is 0 Å². The minimum Gasteiger partial charge on any atom is -0.481 e. The lowest BCUT2D eigenvalue weighted by molar-refractivity contribution is -0.149. The van der Waals surface area contributed by atoms with Gasteiger partial charge in [-0.1, -0.05) is 25.7 Å². The first-order valence-electron chi connectivity index (χ1n) is 7.77. The molecule has 0 saturated heterocycles. The van der Waals surface area contributed by atoms with Crippen molar-refractivity contribution < 1.29 is 19.4 Å². The van der Waals surface area contributed by atoms with Crippen LogP contribution in [0.15, 0.2) is 0 Å². The van der Waals surface area contributed by atoms with Crippen molar-refractivity contribution in [2.45, 2.75) is 57.4 Å². The third-order valence-electron chi connectivity index (χ3n) is 4.32. The van der Waals surface area contributed by atoms with E-state index >= 15 is 0 Å². The van der Waals surface area contributed by atoms with Crippen LogP contribution in [-0.2, 0) is 14.3 Å². The van der Waals surface area contributed by atoms with Crippen molar-refractivity contribution in [1.29, 1.82) is 0 Å². The van der Waals surface area contributed by atoms with Gasteiger partial charge < -0.3 is 20.9 Å². The molecule has 122 valence electrons. The van der Waals surface area contributed by atoms with Crippen molar-refractivity contribution in [3.63, 3.8) is 0 Å². The molecule has 0 heterocycles. The highest BCUT2D eigenvalue weighted by Crippen LogP contribution is 2.34. The SMILES string of the molecule is COCCCC(N)C(=O)NCC1(C(=O)O)CCCCCC1. The summed E-state index contributed by atoms with van der Waals surface area (Å²) in [4.78, 5) is 23.6. The molecule has 0 bridgehead atoms. The van der Waals surface area contributed by atoms with Gasteiger partial charge in [-0.3, -0.25) is 9.59 Å². The number of amides is 1. The number of carboxylic acid groups (broad SMARTS) is 1. The number of nitrogens with two attached hydrogens (primary N) is 1. The van der Waals surface area contributed by atoms with E-state index in [1.165, 1.54) is 0 Å². The first-order chi connectivity index (χ1) is 10.0. The fourth-order valence-electron chi connectivity index (χ4n) is 2.84. The van der Waals surface area contributed by atoms with Crippen LogP contribution >= 0.6 is 0 Å². The van der Waals surface area contributed by atoms with Crippen LogP contribution in [0.1, 0.15) is 51.4 Å². The molecule has 1 saturated carbocycles. The van der Waals surface area contributed by atoms with E-state index in [4.69, 9.17) is 10.5 Å². The second-order valence-corrected chi connectivity index (χ2v) is 5.96. The summed E-state index contributed by atoms with van der Waals surface area (Å²) in [7, 11) is 1.61. The van der Waals surface area contributed by atoms with E-state index in [0.717, 1.165) is 32.1 Å². The monoisotopic (exact) mass is 300 g/mol. The Morgan fingerprint density at radius 2 is 1.90 bits per heavy atom. The number of carbonyl (C=O) groups is 2. The Labute approximate surface area is 126 Å². The standard InChI is InChI=1S/C15H28N2O4/c1-21-10-6-7-12(16)13(18)17-11-15(14(19)20)8-4-2-3-5-9-15/h12H,2-11,16H2,1H3,(H,17,18)(H,19,20). The van der Waals surface area contributed by atoms with Crippen LogP contribution in [0.5, 0.6) is 0 Å². The molecule has 4 N–H and O–H groups in total. The molecule has 1 fully saturated rings. The summed E-state index contributed by atoms with van der Waals surface area (Å²) in [6.07, 6.45) is 6.46. The van der Waals surface area contributed by atoms with Crippen LogP contribution in [0.2, 0.25) is 0 Å². The number of rotatable bonds is 8. The lowest BCUT2D eigenvalue weighted by Gasteiger charge is -2.28. The predicted octanol–water partition coefficient (Wildman–Crippen LogP) is 1.28. The zero-order chi connectivity index (χ0) is 15.7. The molecular weight excluding hydrogens is 272 g/mol. The zero-order valence-electron chi connectivity index (χ0n) is 12.9. The van der Waals surface area contributed by atoms with Gasteiger partial charge in [0.05, 0.1) is 11.5 Å². The largest absolute Gasteiger partial charge is 0.481 e. The third kappa shape index (κ3) is 5.63. The Balaban J connectivity index is 2.48. The minimum atomic E-state index is -0.821. The summed E-state index contributed by atoms with van der Waals surface area (Å²) in [5.74, 6) is -1.08. The number of aliphatic carboxylic acids is 1. The Kier molecular flexibility index (Phi) is 7.67. The summed E-state index contributed by atoms with van der Waals surface area (Å²) in [6.45, 7) is 0.749. The fraction of sp³-hybridized carbons (Fsp3) is 0.867. The number of methoxy groups -OCH3 is 1. The van der Waals surface area contributed by atoms with Gasteiger partial charge in [0.1, 0.15) is 0 Å². The van der Waals surface area contributed by atoms with E-state index in [9.17, 15) is 14.7 Å². The summed E-state index contributed by atoms with van der Waals surface area (Å²) in [5, 5.41) is 12.3. The smallest absolute Gasteiger partial charge is 0.311 e. The van der Waals surface area contributed by atoms with E-state index in [-0.39, 0.29) is 12.5 Å². The second-order valence-electron chi connectivity index (χ2n) is 5.96. The maximum atomic E-state index is 12.0. The quantitative estimate of drug-likeness (QED) is 0.463. The Bertz CT molecular complexity index is 339. The normalized spacial score (nSPS) is 19.5. The van der Waals surface area contributed by atoms with Crippen molar-refractivity contribution in [1.82, 2.24) is 5.32 Å². The van der Waals surface area contributed by atoms with E-state index < -0.39 is 17.4 Å². The first kappa shape index (κ1) is 17.9. The van der Waals surface area contributed by atoms with Gasteiger partial charge in [-0.25, -0.2) is 0 Å².